The highest BCUT2D eigenvalue weighted by Crippen LogP contribution is 2.23. The predicted molar refractivity (Wildman–Crippen MR) is 97.7 cm³/mol. The molecule has 0 N–H and O–H groups in total. The fourth-order valence-electron chi connectivity index (χ4n) is 2.52. The van der Waals surface area contributed by atoms with Crippen LogP contribution in [0, 0.1) is 17.0 Å². The smallest absolute Gasteiger partial charge is 0.279 e. The van der Waals surface area contributed by atoms with E-state index >= 15 is 0 Å². The van der Waals surface area contributed by atoms with Gasteiger partial charge in [0.1, 0.15) is 0 Å². The van der Waals surface area contributed by atoms with Crippen molar-refractivity contribution < 1.29 is 9.72 Å². The van der Waals surface area contributed by atoms with Crippen LogP contribution in [0.25, 0.3) is 10.2 Å². The van der Waals surface area contributed by atoms with Crippen LogP contribution in [0.5, 0.6) is 0 Å². The van der Waals surface area contributed by atoms with Crippen LogP contribution >= 0.6 is 11.3 Å². The molecule has 25 heavy (non-hydrogen) atoms. The number of nitro groups is 1. The highest BCUT2D eigenvalue weighted by molar-refractivity contribution is 7.16. The number of thiazole rings is 1. The third-order valence-corrected chi connectivity index (χ3v) is 4.82. The number of amides is 1. The molecule has 2 aromatic carbocycles. The maximum absolute atomic E-state index is 12.5. The van der Waals surface area contributed by atoms with Gasteiger partial charge in [0, 0.05) is 24.2 Å². The number of allylic oxidation sites excluding steroid dienone is 1. The molecule has 126 valence electrons. The molecule has 1 aromatic heterocycles. The number of aryl methyl sites for hydroxylation is 1. The molecule has 0 aliphatic carbocycles. The van der Waals surface area contributed by atoms with Crippen LogP contribution in [0.3, 0.4) is 0 Å². The number of hydrogen-bond acceptors (Lipinski definition) is 4. The van der Waals surface area contributed by atoms with Crippen LogP contribution in [0.15, 0.2) is 60.1 Å². The zero-order valence-corrected chi connectivity index (χ0v) is 14.3. The minimum absolute atomic E-state index is 0.0000995. The summed E-state index contributed by atoms with van der Waals surface area (Å²) in [6.07, 6.45) is 1.67. The van der Waals surface area contributed by atoms with Gasteiger partial charge in [-0.3, -0.25) is 14.9 Å². The van der Waals surface area contributed by atoms with Gasteiger partial charge in [-0.1, -0.05) is 35.6 Å². The van der Waals surface area contributed by atoms with Gasteiger partial charge in [-0.25, -0.2) is 0 Å². The fraction of sp³-hybridized carbons (Fsp3) is 0.111. The molecule has 0 fully saturated rings. The van der Waals surface area contributed by atoms with Crippen molar-refractivity contribution in [1.29, 1.82) is 0 Å². The summed E-state index contributed by atoms with van der Waals surface area (Å²) in [6.45, 7) is 5.98. The molecule has 0 aliphatic rings. The molecule has 0 bridgehead atoms. The molecule has 3 aromatic rings. The van der Waals surface area contributed by atoms with Crippen molar-refractivity contribution in [2.24, 2.45) is 4.99 Å². The van der Waals surface area contributed by atoms with Crippen molar-refractivity contribution in [3.8, 4) is 0 Å². The Morgan fingerprint density at radius 3 is 2.80 bits per heavy atom. The van der Waals surface area contributed by atoms with Crippen LogP contribution in [0.2, 0.25) is 0 Å². The van der Waals surface area contributed by atoms with Crippen LogP contribution < -0.4 is 4.80 Å². The first-order chi connectivity index (χ1) is 12.0. The van der Waals surface area contributed by atoms with E-state index in [1.807, 2.05) is 19.1 Å². The molecule has 3 rings (SSSR count). The molecule has 0 saturated carbocycles. The molecule has 0 aliphatic heterocycles. The Morgan fingerprint density at radius 2 is 2.12 bits per heavy atom. The monoisotopic (exact) mass is 353 g/mol. The average Bonchev–Trinajstić information content (AvgIpc) is 2.92. The maximum atomic E-state index is 12.5. The number of aromatic nitrogens is 1. The van der Waals surface area contributed by atoms with Gasteiger partial charge in [0.05, 0.1) is 15.1 Å². The number of benzene rings is 2. The van der Waals surface area contributed by atoms with E-state index in [9.17, 15) is 14.9 Å². The van der Waals surface area contributed by atoms with Crippen molar-refractivity contribution in [2.45, 2.75) is 13.5 Å². The normalized spacial score (nSPS) is 11.6. The molecule has 0 spiro atoms. The number of non-ortho nitro benzene ring substituents is 1. The van der Waals surface area contributed by atoms with E-state index in [-0.39, 0.29) is 11.6 Å². The summed E-state index contributed by atoms with van der Waals surface area (Å²) >= 11 is 1.32. The Labute approximate surface area is 147 Å². The van der Waals surface area contributed by atoms with Crippen molar-refractivity contribution in [3.05, 3.63) is 81.2 Å². The molecule has 6 nitrogen and oxygen atoms in total. The first-order valence-corrected chi connectivity index (χ1v) is 8.36. The Bertz CT molecular complexity index is 1060. The van der Waals surface area contributed by atoms with Crippen molar-refractivity contribution >= 4 is 33.1 Å². The van der Waals surface area contributed by atoms with Crippen molar-refractivity contribution in [1.82, 2.24) is 4.57 Å². The van der Waals surface area contributed by atoms with E-state index in [1.165, 1.54) is 23.5 Å². The lowest BCUT2D eigenvalue weighted by molar-refractivity contribution is -0.384. The van der Waals surface area contributed by atoms with E-state index in [0.717, 1.165) is 10.3 Å². The first-order valence-electron chi connectivity index (χ1n) is 7.54. The lowest BCUT2D eigenvalue weighted by Gasteiger charge is -2.02. The van der Waals surface area contributed by atoms with E-state index in [4.69, 9.17) is 0 Å². The summed E-state index contributed by atoms with van der Waals surface area (Å²) in [6, 6.07) is 11.9. The second-order valence-corrected chi connectivity index (χ2v) is 6.43. The predicted octanol–water partition coefficient (Wildman–Crippen LogP) is 3.85. The van der Waals surface area contributed by atoms with Crippen LogP contribution in [-0.2, 0) is 6.54 Å². The molecular formula is C18H15N3O3S. The van der Waals surface area contributed by atoms with Crippen LogP contribution in [-0.4, -0.2) is 15.4 Å². The van der Waals surface area contributed by atoms with Crippen LogP contribution in [0.4, 0.5) is 5.69 Å². The number of carbonyl (C=O) groups is 1. The zero-order chi connectivity index (χ0) is 18.0. The Morgan fingerprint density at radius 1 is 1.36 bits per heavy atom. The van der Waals surface area contributed by atoms with E-state index in [1.54, 1.807) is 28.8 Å². The quantitative estimate of drug-likeness (QED) is 0.406. The minimum atomic E-state index is -0.440. The Balaban J connectivity index is 2.19. The molecule has 1 amide bonds. The standard InChI is InChI=1S/C18H15N3O3S/c1-3-10-20-15-11-13(21(23)24)8-9-16(15)25-18(20)19-17(22)14-7-5-4-6-12(14)2/h3-9,11H,1,10H2,2H3. The lowest BCUT2D eigenvalue weighted by Crippen LogP contribution is -2.16. The average molecular weight is 353 g/mol. The van der Waals surface area contributed by atoms with E-state index in [0.29, 0.717) is 22.4 Å². The molecule has 0 saturated heterocycles. The van der Waals surface area contributed by atoms with Crippen molar-refractivity contribution in [2.75, 3.05) is 0 Å². The number of hydrogen-bond donors (Lipinski definition) is 0. The number of fused-ring (bicyclic) bond motifs is 1. The lowest BCUT2D eigenvalue weighted by atomic mass is 10.1. The SMILES string of the molecule is C=CCn1c(=NC(=O)c2ccccc2C)sc2ccc([N+](=O)[O-])cc21. The van der Waals surface area contributed by atoms with Crippen LogP contribution in [0.1, 0.15) is 15.9 Å². The molecule has 0 atom stereocenters. The number of carbonyl (C=O) groups excluding carboxylic acids is 1. The Hall–Kier alpha value is -3.06. The largest absolute Gasteiger partial charge is 0.312 e. The third-order valence-electron chi connectivity index (χ3n) is 3.76. The third kappa shape index (κ3) is 3.27. The fourth-order valence-corrected chi connectivity index (χ4v) is 3.54. The van der Waals surface area contributed by atoms with Gasteiger partial charge in [0.15, 0.2) is 4.80 Å². The summed E-state index contributed by atoms with van der Waals surface area (Å²) in [5.74, 6) is -0.336. The number of nitro benzene ring substituents is 1. The topological polar surface area (TPSA) is 77.5 Å². The second-order valence-electron chi connectivity index (χ2n) is 5.42. The van der Waals surface area contributed by atoms with Gasteiger partial charge < -0.3 is 4.57 Å². The van der Waals surface area contributed by atoms with Gasteiger partial charge in [0.25, 0.3) is 11.6 Å². The van der Waals surface area contributed by atoms with Gasteiger partial charge >= 0.3 is 0 Å². The minimum Gasteiger partial charge on any atom is -0.312 e. The van der Waals surface area contributed by atoms with E-state index in [2.05, 4.69) is 11.6 Å². The zero-order valence-electron chi connectivity index (χ0n) is 13.5. The second kappa shape index (κ2) is 6.82. The first kappa shape index (κ1) is 16.8. The summed E-state index contributed by atoms with van der Waals surface area (Å²) in [4.78, 5) is 27.9. The van der Waals surface area contributed by atoms with E-state index < -0.39 is 4.92 Å². The molecule has 7 heteroatoms. The van der Waals surface area contributed by atoms with Crippen molar-refractivity contribution in [3.63, 3.8) is 0 Å². The Kier molecular flexibility index (Phi) is 4.58. The molecule has 1 heterocycles. The maximum Gasteiger partial charge on any atom is 0.279 e. The summed E-state index contributed by atoms with van der Waals surface area (Å²) in [7, 11) is 0. The highest BCUT2D eigenvalue weighted by atomic mass is 32.1. The number of rotatable bonds is 4. The summed E-state index contributed by atoms with van der Waals surface area (Å²) in [5.41, 5.74) is 2.05. The number of nitrogens with zero attached hydrogens (tertiary/aromatic N) is 3. The van der Waals surface area contributed by atoms with Gasteiger partial charge in [0.2, 0.25) is 0 Å². The summed E-state index contributed by atoms with van der Waals surface area (Å²) in [5, 5.41) is 11.0. The van der Waals surface area contributed by atoms with Gasteiger partial charge in [-0.05, 0) is 24.6 Å². The molecule has 0 radical (unpaired) electrons. The van der Waals surface area contributed by atoms with Gasteiger partial charge in [-0.15, -0.1) is 6.58 Å². The molecular weight excluding hydrogens is 338 g/mol. The highest BCUT2D eigenvalue weighted by Gasteiger charge is 2.13. The van der Waals surface area contributed by atoms with Gasteiger partial charge in [-0.2, -0.15) is 4.99 Å². The summed E-state index contributed by atoms with van der Waals surface area (Å²) < 4.78 is 2.58. The molecule has 0 unspecified atom stereocenters.